The molecule has 1 unspecified atom stereocenters. The largest absolute Gasteiger partial charge is 0.481 e. The Labute approximate surface area is 118 Å². The van der Waals surface area contributed by atoms with Gasteiger partial charge in [-0.15, -0.1) is 0 Å². The topological polar surface area (TPSA) is 67.6 Å². The van der Waals surface area contributed by atoms with Crippen molar-refractivity contribution < 1.29 is 14.6 Å². The van der Waals surface area contributed by atoms with Gasteiger partial charge in [0.15, 0.2) is 0 Å². The van der Waals surface area contributed by atoms with Gasteiger partial charge < -0.3 is 14.4 Å². The highest BCUT2D eigenvalue weighted by molar-refractivity contribution is 5.76. The van der Waals surface area contributed by atoms with Crippen LogP contribution >= 0.6 is 0 Å². The molecule has 0 amide bonds. The van der Waals surface area contributed by atoms with Crippen LogP contribution in [0.2, 0.25) is 0 Å². The quantitative estimate of drug-likeness (QED) is 0.884. The third kappa shape index (κ3) is 2.45. The number of fused-ring (bicyclic) bond motifs is 1. The highest BCUT2D eigenvalue weighted by atomic mass is 16.5. The van der Waals surface area contributed by atoms with Gasteiger partial charge in [0.25, 0.3) is 0 Å². The normalized spacial score (nSPS) is 23.6. The van der Waals surface area contributed by atoms with E-state index in [1.54, 1.807) is 0 Å². The number of aliphatic carboxylic acids is 1. The Bertz CT molecular complexity index is 506. The molecular weight excluding hydrogens is 258 g/mol. The van der Waals surface area contributed by atoms with Gasteiger partial charge in [0, 0.05) is 25.8 Å². The number of rotatable bonds is 3. The van der Waals surface area contributed by atoms with E-state index in [1.165, 1.54) is 0 Å². The number of aromatic nitrogens is 2. The van der Waals surface area contributed by atoms with Crippen LogP contribution in [-0.2, 0) is 29.5 Å². The first-order chi connectivity index (χ1) is 9.66. The third-order valence-corrected chi connectivity index (χ3v) is 4.34. The molecule has 6 nitrogen and oxygen atoms in total. The van der Waals surface area contributed by atoms with E-state index in [4.69, 9.17) is 4.74 Å². The van der Waals surface area contributed by atoms with Crippen LogP contribution < -0.4 is 0 Å². The number of imidazole rings is 1. The van der Waals surface area contributed by atoms with Gasteiger partial charge in [-0.25, -0.2) is 4.98 Å². The lowest BCUT2D eigenvalue weighted by molar-refractivity contribution is -0.139. The van der Waals surface area contributed by atoms with Crippen molar-refractivity contribution in [1.82, 2.24) is 14.5 Å². The number of carbonyl (C=O) groups is 1. The number of ether oxygens (including phenoxy) is 1. The molecule has 2 heterocycles. The van der Waals surface area contributed by atoms with Gasteiger partial charge in [-0.2, -0.15) is 0 Å². The molecule has 1 aliphatic heterocycles. The fourth-order valence-electron chi connectivity index (χ4n) is 3.13. The second-order valence-electron chi connectivity index (χ2n) is 5.59. The van der Waals surface area contributed by atoms with Crippen molar-refractivity contribution in [2.75, 3.05) is 26.3 Å². The Morgan fingerprint density at radius 1 is 1.45 bits per heavy atom. The Hall–Kier alpha value is -1.40. The van der Waals surface area contributed by atoms with E-state index < -0.39 is 11.9 Å². The summed E-state index contributed by atoms with van der Waals surface area (Å²) in [6.07, 6.45) is 2.57. The molecule has 2 aliphatic rings. The molecule has 0 aromatic carbocycles. The van der Waals surface area contributed by atoms with Gasteiger partial charge in [-0.3, -0.25) is 9.69 Å². The molecule has 1 saturated heterocycles. The number of hydrogen-bond donors (Lipinski definition) is 1. The number of carboxylic acid groups (broad SMARTS) is 1. The van der Waals surface area contributed by atoms with E-state index in [0.717, 1.165) is 62.9 Å². The molecule has 110 valence electrons. The van der Waals surface area contributed by atoms with Gasteiger partial charge in [-0.1, -0.05) is 0 Å². The predicted molar refractivity (Wildman–Crippen MR) is 72.6 cm³/mol. The predicted octanol–water partition coefficient (Wildman–Crippen LogP) is 0.757. The molecule has 0 radical (unpaired) electrons. The van der Waals surface area contributed by atoms with Gasteiger partial charge >= 0.3 is 5.97 Å². The van der Waals surface area contributed by atoms with E-state index in [-0.39, 0.29) is 0 Å². The number of carboxylic acids is 1. The second kappa shape index (κ2) is 5.54. The molecule has 1 N–H and O–H groups in total. The molecule has 1 atom stereocenters. The molecule has 20 heavy (non-hydrogen) atoms. The zero-order chi connectivity index (χ0) is 14.1. The van der Waals surface area contributed by atoms with Crippen LogP contribution in [0.5, 0.6) is 0 Å². The average molecular weight is 279 g/mol. The average Bonchev–Trinajstić information content (AvgIpc) is 2.77. The number of nitrogens with zero attached hydrogens (tertiary/aromatic N) is 3. The van der Waals surface area contributed by atoms with Crippen LogP contribution in [0.4, 0.5) is 0 Å². The standard InChI is InChI=1S/C14H21N3O3/c1-16-11-4-2-3-10(14(18)19)13(11)15-12(16)9-17-5-7-20-8-6-17/h10H,2-9H2,1H3,(H,18,19). The monoisotopic (exact) mass is 279 g/mol. The van der Waals surface area contributed by atoms with E-state index >= 15 is 0 Å². The van der Waals surface area contributed by atoms with Gasteiger partial charge in [0.2, 0.25) is 0 Å². The van der Waals surface area contributed by atoms with Crippen molar-refractivity contribution in [3.8, 4) is 0 Å². The number of hydrogen-bond acceptors (Lipinski definition) is 4. The Morgan fingerprint density at radius 2 is 2.20 bits per heavy atom. The van der Waals surface area contributed by atoms with Crippen LogP contribution in [0.3, 0.4) is 0 Å². The van der Waals surface area contributed by atoms with Crippen molar-refractivity contribution in [3.05, 3.63) is 17.2 Å². The van der Waals surface area contributed by atoms with Crippen molar-refractivity contribution in [2.45, 2.75) is 31.7 Å². The van der Waals surface area contributed by atoms with Crippen molar-refractivity contribution in [2.24, 2.45) is 7.05 Å². The summed E-state index contributed by atoms with van der Waals surface area (Å²) < 4.78 is 7.45. The zero-order valence-corrected chi connectivity index (χ0v) is 11.8. The molecule has 3 rings (SSSR count). The lowest BCUT2D eigenvalue weighted by Crippen LogP contribution is -2.36. The Balaban J connectivity index is 1.84. The van der Waals surface area contributed by atoms with Crippen molar-refractivity contribution in [3.63, 3.8) is 0 Å². The number of morpholine rings is 1. The lowest BCUT2D eigenvalue weighted by Gasteiger charge is -2.26. The lowest BCUT2D eigenvalue weighted by atomic mass is 9.90. The molecule has 0 saturated carbocycles. The van der Waals surface area contributed by atoms with E-state index in [2.05, 4.69) is 14.5 Å². The maximum Gasteiger partial charge on any atom is 0.312 e. The Morgan fingerprint density at radius 3 is 2.90 bits per heavy atom. The first-order valence-corrected chi connectivity index (χ1v) is 7.24. The summed E-state index contributed by atoms with van der Waals surface area (Å²) in [4.78, 5) is 18.3. The summed E-state index contributed by atoms with van der Waals surface area (Å²) in [5.41, 5.74) is 1.89. The molecule has 6 heteroatoms. The summed E-state index contributed by atoms with van der Waals surface area (Å²) in [6, 6.07) is 0. The first kappa shape index (κ1) is 13.6. The van der Waals surface area contributed by atoms with E-state index in [1.807, 2.05) is 7.05 Å². The van der Waals surface area contributed by atoms with Crippen LogP contribution in [0, 0.1) is 0 Å². The zero-order valence-electron chi connectivity index (χ0n) is 11.8. The van der Waals surface area contributed by atoms with Crippen LogP contribution in [0.25, 0.3) is 0 Å². The molecule has 0 bridgehead atoms. The smallest absolute Gasteiger partial charge is 0.312 e. The minimum absolute atomic E-state index is 0.427. The maximum absolute atomic E-state index is 11.4. The SMILES string of the molecule is Cn1c(CN2CCOCC2)nc2c1CCCC2C(=O)O. The summed E-state index contributed by atoms with van der Waals surface area (Å²) in [5.74, 6) is -0.199. The summed E-state index contributed by atoms with van der Waals surface area (Å²) in [5, 5.41) is 9.33. The van der Waals surface area contributed by atoms with Gasteiger partial charge in [-0.05, 0) is 19.3 Å². The molecule has 1 aliphatic carbocycles. The molecule has 1 aromatic rings. The van der Waals surface area contributed by atoms with Crippen molar-refractivity contribution >= 4 is 5.97 Å². The minimum atomic E-state index is -0.748. The third-order valence-electron chi connectivity index (χ3n) is 4.34. The summed E-state index contributed by atoms with van der Waals surface area (Å²) >= 11 is 0. The highest BCUT2D eigenvalue weighted by Gasteiger charge is 2.31. The van der Waals surface area contributed by atoms with E-state index in [9.17, 15) is 9.90 Å². The maximum atomic E-state index is 11.4. The second-order valence-corrected chi connectivity index (χ2v) is 5.59. The van der Waals surface area contributed by atoms with Gasteiger partial charge in [0.05, 0.1) is 25.5 Å². The fraction of sp³-hybridized carbons (Fsp3) is 0.714. The van der Waals surface area contributed by atoms with Crippen LogP contribution in [0.1, 0.15) is 36.0 Å². The van der Waals surface area contributed by atoms with Crippen LogP contribution in [-0.4, -0.2) is 51.8 Å². The van der Waals surface area contributed by atoms with Crippen LogP contribution in [0.15, 0.2) is 0 Å². The first-order valence-electron chi connectivity index (χ1n) is 7.24. The van der Waals surface area contributed by atoms with E-state index in [0.29, 0.717) is 6.42 Å². The molecular formula is C14H21N3O3. The van der Waals surface area contributed by atoms with Crippen molar-refractivity contribution in [1.29, 1.82) is 0 Å². The summed E-state index contributed by atoms with van der Waals surface area (Å²) in [6.45, 7) is 4.14. The highest BCUT2D eigenvalue weighted by Crippen LogP contribution is 2.31. The fourth-order valence-corrected chi connectivity index (χ4v) is 3.13. The Kier molecular flexibility index (Phi) is 3.76. The van der Waals surface area contributed by atoms with Gasteiger partial charge in [0.1, 0.15) is 11.7 Å². The summed E-state index contributed by atoms with van der Waals surface area (Å²) in [7, 11) is 2.01. The minimum Gasteiger partial charge on any atom is -0.481 e. The molecule has 1 fully saturated rings. The molecule has 0 spiro atoms. The molecule has 1 aromatic heterocycles.